The number of hydrogen-bond donors (Lipinski definition) is 1. The zero-order chi connectivity index (χ0) is 16.5. The van der Waals surface area contributed by atoms with Crippen molar-refractivity contribution in [2.45, 2.75) is 83.7 Å². The zero-order valence-corrected chi connectivity index (χ0v) is 14.3. The number of carbonyl (C=O) groups is 1. The first-order valence-electron chi connectivity index (χ1n) is 8.80. The van der Waals surface area contributed by atoms with E-state index in [4.69, 9.17) is 4.74 Å². The van der Waals surface area contributed by atoms with E-state index in [2.05, 4.69) is 18.7 Å². The fraction of sp³-hybridized carbons (Fsp3) is 0.737. The van der Waals surface area contributed by atoms with Gasteiger partial charge >= 0.3 is 5.97 Å². The SMILES string of the molecule is C=CCCCCCC/C=C\CC[C@H](O)CCC(=O)OCCC. The number of hydrogen-bond acceptors (Lipinski definition) is 3. The summed E-state index contributed by atoms with van der Waals surface area (Å²) in [5, 5.41) is 9.80. The lowest BCUT2D eigenvalue weighted by atomic mass is 10.1. The first kappa shape index (κ1) is 20.9. The zero-order valence-electron chi connectivity index (χ0n) is 14.3. The summed E-state index contributed by atoms with van der Waals surface area (Å²) >= 11 is 0. The van der Waals surface area contributed by atoms with Gasteiger partial charge in [-0.3, -0.25) is 4.79 Å². The maximum atomic E-state index is 11.3. The lowest BCUT2D eigenvalue weighted by molar-refractivity contribution is -0.144. The Morgan fingerprint density at radius 3 is 2.45 bits per heavy atom. The van der Waals surface area contributed by atoms with Crippen LogP contribution in [-0.4, -0.2) is 23.8 Å². The Kier molecular flexibility index (Phi) is 15.5. The van der Waals surface area contributed by atoms with E-state index < -0.39 is 6.10 Å². The molecule has 0 bridgehead atoms. The molecular weight excluding hydrogens is 276 g/mol. The molecule has 0 heterocycles. The van der Waals surface area contributed by atoms with Crippen LogP contribution >= 0.6 is 0 Å². The summed E-state index contributed by atoms with van der Waals surface area (Å²) in [5.41, 5.74) is 0. The molecule has 1 N–H and O–H groups in total. The highest BCUT2D eigenvalue weighted by Crippen LogP contribution is 2.09. The van der Waals surface area contributed by atoms with E-state index in [1.807, 2.05) is 13.0 Å². The van der Waals surface area contributed by atoms with Crippen LogP contribution in [0.1, 0.15) is 77.6 Å². The summed E-state index contributed by atoms with van der Waals surface area (Å²) in [7, 11) is 0. The minimum atomic E-state index is -0.405. The van der Waals surface area contributed by atoms with Crippen LogP contribution < -0.4 is 0 Å². The third kappa shape index (κ3) is 15.3. The van der Waals surface area contributed by atoms with Gasteiger partial charge in [-0.25, -0.2) is 0 Å². The van der Waals surface area contributed by atoms with Crippen molar-refractivity contribution in [3.8, 4) is 0 Å². The molecule has 0 amide bonds. The molecular formula is C19H34O3. The summed E-state index contributed by atoms with van der Waals surface area (Å²) < 4.78 is 4.98. The minimum absolute atomic E-state index is 0.201. The predicted octanol–water partition coefficient (Wildman–Crippen LogP) is 4.94. The van der Waals surface area contributed by atoms with E-state index in [1.165, 1.54) is 25.7 Å². The van der Waals surface area contributed by atoms with Crippen molar-refractivity contribution in [3.63, 3.8) is 0 Å². The van der Waals surface area contributed by atoms with E-state index >= 15 is 0 Å². The van der Waals surface area contributed by atoms with Gasteiger partial charge < -0.3 is 9.84 Å². The average molecular weight is 310 g/mol. The minimum Gasteiger partial charge on any atom is -0.466 e. The molecule has 22 heavy (non-hydrogen) atoms. The first-order valence-corrected chi connectivity index (χ1v) is 8.80. The summed E-state index contributed by atoms with van der Waals surface area (Å²) in [4.78, 5) is 11.3. The molecule has 1 atom stereocenters. The predicted molar refractivity (Wildman–Crippen MR) is 92.8 cm³/mol. The number of esters is 1. The van der Waals surface area contributed by atoms with E-state index in [9.17, 15) is 9.90 Å². The summed E-state index contributed by atoms with van der Waals surface area (Å²) in [6, 6.07) is 0. The van der Waals surface area contributed by atoms with Gasteiger partial charge in [-0.15, -0.1) is 6.58 Å². The molecule has 0 aromatic heterocycles. The second kappa shape index (κ2) is 16.3. The molecule has 0 aromatic rings. The van der Waals surface area contributed by atoms with Crippen molar-refractivity contribution in [2.75, 3.05) is 6.61 Å². The number of carbonyl (C=O) groups excluding carboxylic acids is 1. The van der Waals surface area contributed by atoms with E-state index in [0.29, 0.717) is 19.4 Å². The molecule has 0 aliphatic heterocycles. The third-order valence-electron chi connectivity index (χ3n) is 3.51. The quantitative estimate of drug-likeness (QED) is 0.265. The van der Waals surface area contributed by atoms with Gasteiger partial charge in [-0.1, -0.05) is 38.0 Å². The number of ether oxygens (including phenoxy) is 1. The van der Waals surface area contributed by atoms with E-state index in [0.717, 1.165) is 32.1 Å². The number of allylic oxidation sites excluding steroid dienone is 3. The largest absolute Gasteiger partial charge is 0.466 e. The van der Waals surface area contributed by atoms with Crippen molar-refractivity contribution < 1.29 is 14.6 Å². The van der Waals surface area contributed by atoms with Crippen LogP contribution in [0.5, 0.6) is 0 Å². The lowest BCUT2D eigenvalue weighted by Gasteiger charge is -2.08. The second-order valence-corrected chi connectivity index (χ2v) is 5.74. The summed E-state index contributed by atoms with van der Waals surface area (Å²) in [5.74, 6) is -0.201. The van der Waals surface area contributed by atoms with Gasteiger partial charge in [0.25, 0.3) is 0 Å². The van der Waals surface area contributed by atoms with E-state index in [1.54, 1.807) is 0 Å². The van der Waals surface area contributed by atoms with Gasteiger partial charge in [-0.2, -0.15) is 0 Å². The molecule has 0 rings (SSSR count). The van der Waals surface area contributed by atoms with Crippen LogP contribution in [0.25, 0.3) is 0 Å². The number of aliphatic hydroxyl groups is 1. The standard InChI is InChI=1S/C19H34O3/c1-3-5-6-7-8-9-10-11-12-13-14-18(20)15-16-19(21)22-17-4-2/h3,11-12,18,20H,1,4-10,13-17H2,2H3/b12-11-/t18-/m0/s1. The Hall–Kier alpha value is -1.09. The Labute approximate surface area is 136 Å². The second-order valence-electron chi connectivity index (χ2n) is 5.74. The summed E-state index contributed by atoms with van der Waals surface area (Å²) in [6.07, 6.45) is 16.5. The summed E-state index contributed by atoms with van der Waals surface area (Å²) in [6.45, 7) is 6.17. The lowest BCUT2D eigenvalue weighted by Crippen LogP contribution is -2.11. The topological polar surface area (TPSA) is 46.5 Å². The third-order valence-corrected chi connectivity index (χ3v) is 3.51. The molecule has 0 aromatic carbocycles. The van der Waals surface area contributed by atoms with Crippen molar-refractivity contribution in [1.29, 1.82) is 0 Å². The van der Waals surface area contributed by atoms with Crippen LogP contribution in [-0.2, 0) is 9.53 Å². The van der Waals surface area contributed by atoms with Gasteiger partial charge in [-0.05, 0) is 51.4 Å². The normalized spacial score (nSPS) is 12.5. The molecule has 128 valence electrons. The molecule has 3 nitrogen and oxygen atoms in total. The van der Waals surface area contributed by atoms with Crippen LogP contribution in [0.2, 0.25) is 0 Å². The highest BCUT2D eigenvalue weighted by atomic mass is 16.5. The van der Waals surface area contributed by atoms with Crippen molar-refractivity contribution in [3.05, 3.63) is 24.8 Å². The Morgan fingerprint density at radius 2 is 1.77 bits per heavy atom. The monoisotopic (exact) mass is 310 g/mol. The fourth-order valence-corrected chi connectivity index (χ4v) is 2.15. The first-order chi connectivity index (χ1) is 10.7. The number of rotatable bonds is 15. The van der Waals surface area contributed by atoms with Crippen LogP contribution in [0, 0.1) is 0 Å². The van der Waals surface area contributed by atoms with Crippen LogP contribution in [0.4, 0.5) is 0 Å². The van der Waals surface area contributed by atoms with Gasteiger partial charge in [0.05, 0.1) is 12.7 Å². The fourth-order valence-electron chi connectivity index (χ4n) is 2.15. The maximum Gasteiger partial charge on any atom is 0.305 e. The molecule has 0 saturated heterocycles. The Morgan fingerprint density at radius 1 is 1.09 bits per heavy atom. The van der Waals surface area contributed by atoms with Gasteiger partial charge in [0, 0.05) is 6.42 Å². The highest BCUT2D eigenvalue weighted by Gasteiger charge is 2.08. The van der Waals surface area contributed by atoms with Gasteiger partial charge in [0.15, 0.2) is 0 Å². The van der Waals surface area contributed by atoms with E-state index in [-0.39, 0.29) is 5.97 Å². The Bertz CT molecular complexity index is 297. The smallest absolute Gasteiger partial charge is 0.305 e. The van der Waals surface area contributed by atoms with Gasteiger partial charge in [0.1, 0.15) is 0 Å². The molecule has 0 spiro atoms. The molecule has 0 aliphatic rings. The number of unbranched alkanes of at least 4 members (excludes halogenated alkanes) is 5. The molecule has 0 radical (unpaired) electrons. The molecule has 3 heteroatoms. The molecule has 0 saturated carbocycles. The highest BCUT2D eigenvalue weighted by molar-refractivity contribution is 5.69. The molecule has 0 unspecified atom stereocenters. The van der Waals surface area contributed by atoms with Gasteiger partial charge in [0.2, 0.25) is 0 Å². The maximum absolute atomic E-state index is 11.3. The van der Waals surface area contributed by atoms with Crippen molar-refractivity contribution >= 4 is 5.97 Å². The van der Waals surface area contributed by atoms with Crippen molar-refractivity contribution in [2.24, 2.45) is 0 Å². The molecule has 0 aliphatic carbocycles. The molecule has 0 fully saturated rings. The van der Waals surface area contributed by atoms with Crippen LogP contribution in [0.3, 0.4) is 0 Å². The van der Waals surface area contributed by atoms with Crippen molar-refractivity contribution in [1.82, 2.24) is 0 Å². The van der Waals surface area contributed by atoms with Crippen LogP contribution in [0.15, 0.2) is 24.8 Å². The average Bonchev–Trinajstić information content (AvgIpc) is 2.52. The Balaban J connectivity index is 3.39. The number of aliphatic hydroxyl groups excluding tert-OH is 1.